The molecule has 0 N–H and O–H groups in total. The first-order valence-electron chi connectivity index (χ1n) is 20.4. The largest absolute Gasteiger partial charge is 0.456 e. The van der Waals surface area contributed by atoms with Crippen molar-refractivity contribution in [1.82, 2.24) is 4.98 Å². The normalized spacial score (nSPS) is 11.8. The number of nitrogens with zero attached hydrogens (tertiary/aromatic N) is 2. The predicted molar refractivity (Wildman–Crippen MR) is 253 cm³/mol. The van der Waals surface area contributed by atoms with Gasteiger partial charge in [-0.15, -0.1) is 0 Å². The summed E-state index contributed by atoms with van der Waals surface area (Å²) in [5, 5.41) is 13.1. The molecule has 0 radical (unpaired) electrons. The average molecular weight is 785 g/mol. The van der Waals surface area contributed by atoms with Crippen LogP contribution in [-0.2, 0) is 0 Å². The number of rotatable bonds is 7. The highest BCUT2D eigenvalue weighted by Crippen LogP contribution is 2.42. The number of oxazole rings is 1. The summed E-state index contributed by atoms with van der Waals surface area (Å²) in [4.78, 5) is 7.36. The molecule has 0 aliphatic carbocycles. The van der Waals surface area contributed by atoms with E-state index in [4.69, 9.17) is 13.8 Å². The molecule has 0 unspecified atom stereocenters. The molecular weight excluding hydrogens is 749 g/mol. The van der Waals surface area contributed by atoms with E-state index in [-0.39, 0.29) is 0 Å². The van der Waals surface area contributed by atoms with Gasteiger partial charge in [-0.3, -0.25) is 0 Å². The van der Waals surface area contributed by atoms with Crippen LogP contribution in [0.25, 0.3) is 76.8 Å². The molecule has 0 saturated heterocycles. The van der Waals surface area contributed by atoms with Crippen LogP contribution in [0.4, 0.5) is 17.1 Å². The van der Waals surface area contributed by atoms with Gasteiger partial charge in [-0.05, 0) is 99.7 Å². The maximum Gasteiger partial charge on any atom is 0.227 e. The van der Waals surface area contributed by atoms with Crippen molar-refractivity contribution in [3.05, 3.63) is 212 Å². The number of anilines is 3. The summed E-state index contributed by atoms with van der Waals surface area (Å²) in [7, 11) is -1.84. The van der Waals surface area contributed by atoms with Crippen molar-refractivity contribution in [3.8, 4) is 11.5 Å². The van der Waals surface area contributed by atoms with E-state index in [9.17, 15) is 0 Å². The summed E-state index contributed by atoms with van der Waals surface area (Å²) < 4.78 is 13.2. The van der Waals surface area contributed by atoms with Crippen molar-refractivity contribution in [2.24, 2.45) is 0 Å². The second-order valence-corrected chi connectivity index (χ2v) is 18.4. The van der Waals surface area contributed by atoms with Gasteiger partial charge in [-0.25, -0.2) is 4.98 Å². The van der Waals surface area contributed by atoms with Crippen LogP contribution in [0.5, 0.6) is 0 Å². The Labute approximate surface area is 347 Å². The van der Waals surface area contributed by atoms with E-state index in [1.807, 2.05) is 30.3 Å². The molecule has 0 spiro atoms. The van der Waals surface area contributed by atoms with Gasteiger partial charge in [0.1, 0.15) is 25.5 Å². The van der Waals surface area contributed by atoms with Crippen LogP contribution in [0, 0.1) is 0 Å². The first-order chi connectivity index (χ1) is 29.7. The summed E-state index contributed by atoms with van der Waals surface area (Å²) >= 11 is 0. The summed E-state index contributed by atoms with van der Waals surface area (Å²) in [5.41, 5.74) is 7.52. The Hall–Kier alpha value is -7.73. The number of hydrogen-bond acceptors (Lipinski definition) is 4. The summed E-state index contributed by atoms with van der Waals surface area (Å²) in [6.45, 7) is 0. The van der Waals surface area contributed by atoms with Crippen LogP contribution < -0.4 is 20.5 Å². The lowest BCUT2D eigenvalue weighted by molar-refractivity contribution is 0.623. The standard InChI is InChI=1S/C55H36N2O2Si/c1-4-13-38(14-5-1)55-56-50-29-26-37-24-23-36-25-27-42(34-47(36)53(37)54(50)59-55)57(43-28-30-51-49(35-43)48-31-39-15-10-11-16-40(39)32-52(48)58-51)41-17-12-22-46(33-41)60(44-18-6-2-7-19-44)45-20-8-3-9-21-45/h1-35,60H. The van der Waals surface area contributed by atoms with Gasteiger partial charge >= 0.3 is 0 Å². The predicted octanol–water partition coefficient (Wildman–Crippen LogP) is 12.6. The number of fused-ring (bicyclic) bond motifs is 9. The Bertz CT molecular complexity index is 3520. The number of hydrogen-bond donors (Lipinski definition) is 0. The lowest BCUT2D eigenvalue weighted by Crippen LogP contribution is -2.51. The van der Waals surface area contributed by atoms with Crippen molar-refractivity contribution in [2.45, 2.75) is 0 Å². The highest BCUT2D eigenvalue weighted by Gasteiger charge is 2.23. The third kappa shape index (κ3) is 5.78. The molecule has 2 aromatic heterocycles. The molecule has 12 aromatic rings. The maximum absolute atomic E-state index is 6.65. The minimum Gasteiger partial charge on any atom is -0.456 e. The minimum atomic E-state index is -1.84. The zero-order valence-electron chi connectivity index (χ0n) is 32.5. The molecule has 0 fully saturated rings. The van der Waals surface area contributed by atoms with E-state index in [1.54, 1.807) is 0 Å². The van der Waals surface area contributed by atoms with E-state index in [0.29, 0.717) is 5.89 Å². The molecule has 0 saturated carbocycles. The number of benzene rings is 10. The fraction of sp³-hybridized carbons (Fsp3) is 0. The summed E-state index contributed by atoms with van der Waals surface area (Å²) in [6, 6.07) is 76.2. The van der Waals surface area contributed by atoms with Crippen LogP contribution in [0.1, 0.15) is 0 Å². The van der Waals surface area contributed by atoms with Crippen molar-refractivity contribution in [1.29, 1.82) is 0 Å². The van der Waals surface area contributed by atoms with Gasteiger partial charge in [0.15, 0.2) is 5.58 Å². The van der Waals surface area contributed by atoms with E-state index in [0.717, 1.165) is 77.2 Å². The van der Waals surface area contributed by atoms with Crippen molar-refractivity contribution in [3.63, 3.8) is 0 Å². The van der Waals surface area contributed by atoms with Gasteiger partial charge in [0.25, 0.3) is 0 Å². The Morgan fingerprint density at radius 1 is 0.383 bits per heavy atom. The molecule has 10 aromatic carbocycles. The fourth-order valence-electron chi connectivity index (χ4n) is 9.10. The molecule has 12 rings (SSSR count). The van der Waals surface area contributed by atoms with Gasteiger partial charge in [-0.1, -0.05) is 155 Å². The molecular formula is C55H36N2O2Si. The third-order valence-corrected chi connectivity index (χ3v) is 15.1. The molecule has 0 atom stereocenters. The number of furan rings is 1. The van der Waals surface area contributed by atoms with Gasteiger partial charge in [0.05, 0.1) is 0 Å². The zero-order chi connectivity index (χ0) is 39.6. The van der Waals surface area contributed by atoms with Crippen molar-refractivity contribution in [2.75, 3.05) is 4.90 Å². The van der Waals surface area contributed by atoms with E-state index >= 15 is 0 Å². The fourth-order valence-corrected chi connectivity index (χ4v) is 12.1. The highest BCUT2D eigenvalue weighted by molar-refractivity contribution is 6.95. The third-order valence-electron chi connectivity index (χ3n) is 11.9. The van der Waals surface area contributed by atoms with E-state index in [1.165, 1.54) is 26.3 Å². The second kappa shape index (κ2) is 14.0. The Morgan fingerprint density at radius 2 is 0.967 bits per heavy atom. The summed E-state index contributed by atoms with van der Waals surface area (Å²) in [6.07, 6.45) is 0. The van der Waals surface area contributed by atoms with Crippen LogP contribution in [0.2, 0.25) is 0 Å². The van der Waals surface area contributed by atoms with Crippen molar-refractivity contribution < 1.29 is 8.83 Å². The second-order valence-electron chi connectivity index (χ2n) is 15.5. The zero-order valence-corrected chi connectivity index (χ0v) is 33.7. The van der Waals surface area contributed by atoms with E-state index in [2.05, 4.69) is 187 Å². The molecule has 4 nitrogen and oxygen atoms in total. The lowest BCUT2D eigenvalue weighted by Gasteiger charge is -2.27. The van der Waals surface area contributed by atoms with Crippen LogP contribution in [-0.4, -0.2) is 13.8 Å². The molecule has 0 amide bonds. The van der Waals surface area contributed by atoms with Gasteiger partial charge < -0.3 is 13.7 Å². The van der Waals surface area contributed by atoms with Crippen LogP contribution in [0.3, 0.4) is 0 Å². The average Bonchev–Trinajstić information content (AvgIpc) is 3.91. The van der Waals surface area contributed by atoms with Gasteiger partial charge in [0.2, 0.25) is 5.89 Å². The Kier molecular flexibility index (Phi) is 8.00. The highest BCUT2D eigenvalue weighted by atomic mass is 28.3. The topological polar surface area (TPSA) is 42.4 Å². The van der Waals surface area contributed by atoms with Crippen molar-refractivity contribution >= 4 is 107 Å². The molecule has 5 heteroatoms. The first kappa shape index (κ1) is 34.3. The monoisotopic (exact) mass is 784 g/mol. The molecule has 60 heavy (non-hydrogen) atoms. The summed E-state index contributed by atoms with van der Waals surface area (Å²) in [5.74, 6) is 0.619. The first-order valence-corrected chi connectivity index (χ1v) is 22.1. The lowest BCUT2D eigenvalue weighted by atomic mass is 10.00. The van der Waals surface area contributed by atoms with Crippen LogP contribution in [0.15, 0.2) is 221 Å². The smallest absolute Gasteiger partial charge is 0.227 e. The number of aromatic nitrogens is 1. The Morgan fingerprint density at radius 3 is 1.73 bits per heavy atom. The quantitative estimate of drug-likeness (QED) is 0.0917. The van der Waals surface area contributed by atoms with E-state index < -0.39 is 8.80 Å². The Balaban J connectivity index is 1.09. The molecule has 0 aliphatic rings. The molecule has 0 aliphatic heterocycles. The SMILES string of the molecule is c1ccc(-c2nc3ccc4ccc5ccc(N(c6cccc([SiH](c7ccccc7)c7ccccc7)c6)c6ccc7oc8cc9ccccc9cc8c7c6)cc5c4c3o2)cc1. The molecule has 282 valence electrons. The molecule has 2 heterocycles. The minimum absolute atomic E-state index is 0.619. The van der Waals surface area contributed by atoms with Crippen LogP contribution >= 0.6 is 0 Å². The molecule has 0 bridgehead atoms. The maximum atomic E-state index is 6.65. The van der Waals surface area contributed by atoms with Gasteiger partial charge in [0, 0.05) is 38.8 Å². The van der Waals surface area contributed by atoms with Gasteiger partial charge in [-0.2, -0.15) is 0 Å².